The lowest BCUT2D eigenvalue weighted by atomic mass is 10.0. The summed E-state index contributed by atoms with van der Waals surface area (Å²) < 4.78 is 62.4. The van der Waals surface area contributed by atoms with Crippen LogP contribution in [0.3, 0.4) is 0 Å². The van der Waals surface area contributed by atoms with Gasteiger partial charge in [-0.1, -0.05) is 0 Å². The first-order valence-electron chi connectivity index (χ1n) is 4.02. The third-order valence-electron chi connectivity index (χ3n) is 1.90. The molecule has 0 saturated carbocycles. The Labute approximate surface area is 86.7 Å². The number of rotatable bonds is 2. The molecule has 1 aromatic rings. The van der Waals surface area contributed by atoms with Crippen LogP contribution < -0.4 is 5.73 Å². The summed E-state index contributed by atoms with van der Waals surface area (Å²) >= 11 is 0. The molecule has 0 fully saturated rings. The van der Waals surface area contributed by atoms with Gasteiger partial charge in [-0.25, -0.2) is 13.8 Å². The van der Waals surface area contributed by atoms with E-state index in [1.54, 1.807) is 0 Å². The van der Waals surface area contributed by atoms with Gasteiger partial charge in [0.15, 0.2) is 0 Å². The monoisotopic (exact) mass is 242 g/mol. The lowest BCUT2D eigenvalue weighted by Gasteiger charge is -2.16. The molecule has 0 aliphatic rings. The molecule has 16 heavy (non-hydrogen) atoms. The number of pyridine rings is 1. The number of aliphatic hydroxyl groups excluding tert-OH is 1. The van der Waals surface area contributed by atoms with Crippen LogP contribution in [0, 0.1) is 0 Å². The first-order valence-corrected chi connectivity index (χ1v) is 4.02. The van der Waals surface area contributed by atoms with E-state index in [2.05, 4.69) is 4.98 Å². The molecule has 3 N–H and O–H groups in total. The molecule has 1 rings (SSSR count). The predicted octanol–water partition coefficient (Wildman–Crippen LogP) is 2.11. The van der Waals surface area contributed by atoms with Crippen molar-refractivity contribution in [3.05, 3.63) is 22.9 Å². The van der Waals surface area contributed by atoms with E-state index in [4.69, 9.17) is 10.8 Å². The topological polar surface area (TPSA) is 59.1 Å². The number of aliphatic hydroxyl groups is 1. The van der Waals surface area contributed by atoms with E-state index < -0.39 is 41.7 Å². The lowest BCUT2D eigenvalue weighted by Crippen LogP contribution is -2.16. The van der Waals surface area contributed by atoms with E-state index in [1.807, 2.05) is 0 Å². The molecule has 0 bridgehead atoms. The van der Waals surface area contributed by atoms with Crippen molar-refractivity contribution >= 4 is 5.82 Å². The van der Waals surface area contributed by atoms with Crippen LogP contribution in [0.5, 0.6) is 0 Å². The summed E-state index contributed by atoms with van der Waals surface area (Å²) in [5.74, 6) is -0.889. The Morgan fingerprint density at radius 3 is 2.31 bits per heavy atom. The van der Waals surface area contributed by atoms with Crippen LogP contribution in [-0.4, -0.2) is 10.1 Å². The fraction of sp³-hybridized carbons (Fsp3) is 0.375. The van der Waals surface area contributed by atoms with Gasteiger partial charge in [0.25, 0.3) is 6.43 Å². The van der Waals surface area contributed by atoms with E-state index in [-0.39, 0.29) is 0 Å². The molecule has 0 radical (unpaired) electrons. The molecule has 1 aromatic heterocycles. The maximum absolute atomic E-state index is 12.5. The highest BCUT2D eigenvalue weighted by atomic mass is 19.4. The average molecular weight is 242 g/mol. The largest absolute Gasteiger partial charge is 0.417 e. The highest BCUT2D eigenvalue weighted by Gasteiger charge is 2.39. The van der Waals surface area contributed by atoms with Gasteiger partial charge in [0, 0.05) is 11.8 Å². The number of nitrogens with zero attached hydrogens (tertiary/aromatic N) is 1. The quantitative estimate of drug-likeness (QED) is 0.781. The van der Waals surface area contributed by atoms with Crippen molar-refractivity contribution in [1.82, 2.24) is 4.98 Å². The molecule has 1 heterocycles. The Bertz CT molecular complexity index is 391. The van der Waals surface area contributed by atoms with Gasteiger partial charge in [0.2, 0.25) is 0 Å². The van der Waals surface area contributed by atoms with E-state index in [0.29, 0.717) is 6.20 Å². The summed E-state index contributed by atoms with van der Waals surface area (Å²) in [4.78, 5) is 3.18. The van der Waals surface area contributed by atoms with Gasteiger partial charge in [0.1, 0.15) is 5.82 Å². The molecular formula is C8H7F5N2O. The normalized spacial score (nSPS) is 12.2. The third kappa shape index (κ3) is 2.21. The first kappa shape index (κ1) is 12.6. The summed E-state index contributed by atoms with van der Waals surface area (Å²) in [6.45, 7) is -1.04. The van der Waals surface area contributed by atoms with Gasteiger partial charge in [0.05, 0.1) is 17.7 Å². The molecule has 8 heteroatoms. The first-order chi connectivity index (χ1) is 7.29. The van der Waals surface area contributed by atoms with Crippen molar-refractivity contribution in [2.45, 2.75) is 19.2 Å². The Hall–Kier alpha value is -1.44. The molecule has 0 spiro atoms. The average Bonchev–Trinajstić information content (AvgIpc) is 2.15. The van der Waals surface area contributed by atoms with Crippen molar-refractivity contribution in [2.24, 2.45) is 0 Å². The molecule has 0 aliphatic carbocycles. The van der Waals surface area contributed by atoms with Crippen LogP contribution in [0.25, 0.3) is 0 Å². The number of aromatic nitrogens is 1. The second kappa shape index (κ2) is 4.20. The van der Waals surface area contributed by atoms with Gasteiger partial charge in [-0.2, -0.15) is 13.2 Å². The molecule has 3 nitrogen and oxygen atoms in total. The number of hydrogen-bond acceptors (Lipinski definition) is 3. The van der Waals surface area contributed by atoms with E-state index in [9.17, 15) is 22.0 Å². The molecule has 0 atom stereocenters. The Morgan fingerprint density at radius 2 is 1.94 bits per heavy atom. The van der Waals surface area contributed by atoms with Gasteiger partial charge < -0.3 is 10.8 Å². The maximum Gasteiger partial charge on any atom is 0.417 e. The Morgan fingerprint density at radius 1 is 1.38 bits per heavy atom. The third-order valence-corrected chi connectivity index (χ3v) is 1.90. The summed E-state index contributed by atoms with van der Waals surface area (Å²) in [5.41, 5.74) is 1.24. The standard InChI is InChI=1S/C8H7F5N2O/c9-6(10)4-5(8(11,12)13)3(2-16)1-15-7(4)14/h1,6,16H,2H2,(H2,14,15). The number of anilines is 1. The molecule has 0 unspecified atom stereocenters. The van der Waals surface area contributed by atoms with Crippen LogP contribution >= 0.6 is 0 Å². The fourth-order valence-electron chi connectivity index (χ4n) is 1.26. The van der Waals surface area contributed by atoms with Gasteiger partial charge in [-0.05, 0) is 0 Å². The van der Waals surface area contributed by atoms with Crippen LogP contribution in [-0.2, 0) is 12.8 Å². The van der Waals surface area contributed by atoms with Crippen molar-refractivity contribution in [1.29, 1.82) is 0 Å². The highest BCUT2D eigenvalue weighted by Crippen LogP contribution is 2.40. The smallest absolute Gasteiger partial charge is 0.392 e. The Balaban J connectivity index is 3.56. The zero-order valence-electron chi connectivity index (χ0n) is 7.72. The summed E-state index contributed by atoms with van der Waals surface area (Å²) in [6, 6.07) is 0. The van der Waals surface area contributed by atoms with Gasteiger partial charge in [-0.15, -0.1) is 0 Å². The van der Waals surface area contributed by atoms with Crippen molar-refractivity contribution < 1.29 is 27.1 Å². The number of alkyl halides is 5. The lowest BCUT2D eigenvalue weighted by molar-refractivity contribution is -0.140. The van der Waals surface area contributed by atoms with E-state index in [0.717, 1.165) is 0 Å². The summed E-state index contributed by atoms with van der Waals surface area (Å²) in [5, 5.41) is 8.65. The van der Waals surface area contributed by atoms with E-state index in [1.165, 1.54) is 0 Å². The highest BCUT2D eigenvalue weighted by molar-refractivity contribution is 5.49. The molecular weight excluding hydrogens is 235 g/mol. The minimum atomic E-state index is -5.01. The molecule has 0 saturated heterocycles. The Kier molecular flexibility index (Phi) is 3.32. The maximum atomic E-state index is 12.5. The van der Waals surface area contributed by atoms with E-state index >= 15 is 0 Å². The van der Waals surface area contributed by atoms with Crippen molar-refractivity contribution in [2.75, 3.05) is 5.73 Å². The number of hydrogen-bond donors (Lipinski definition) is 2. The number of nitrogens with two attached hydrogens (primary N) is 1. The number of nitrogen functional groups attached to an aromatic ring is 1. The SMILES string of the molecule is Nc1ncc(CO)c(C(F)(F)F)c1C(F)F. The minimum Gasteiger partial charge on any atom is -0.392 e. The molecule has 90 valence electrons. The second-order valence-electron chi connectivity index (χ2n) is 2.91. The predicted molar refractivity (Wildman–Crippen MR) is 44.5 cm³/mol. The number of halogens is 5. The molecule has 0 aromatic carbocycles. The van der Waals surface area contributed by atoms with Crippen LogP contribution in [0.4, 0.5) is 27.8 Å². The summed E-state index contributed by atoms with van der Waals surface area (Å²) in [6.07, 6.45) is -7.79. The van der Waals surface area contributed by atoms with Gasteiger partial charge in [-0.3, -0.25) is 0 Å². The molecule has 0 amide bonds. The fourth-order valence-corrected chi connectivity index (χ4v) is 1.26. The second-order valence-corrected chi connectivity index (χ2v) is 2.91. The van der Waals surface area contributed by atoms with Crippen molar-refractivity contribution in [3.63, 3.8) is 0 Å². The minimum absolute atomic E-state index is 0.629. The van der Waals surface area contributed by atoms with Crippen LogP contribution in [0.15, 0.2) is 6.20 Å². The van der Waals surface area contributed by atoms with Crippen LogP contribution in [0.1, 0.15) is 23.1 Å². The zero-order chi connectivity index (χ0) is 12.5. The van der Waals surface area contributed by atoms with Crippen molar-refractivity contribution in [3.8, 4) is 0 Å². The van der Waals surface area contributed by atoms with Gasteiger partial charge >= 0.3 is 6.18 Å². The summed E-state index contributed by atoms with van der Waals surface area (Å²) in [7, 11) is 0. The zero-order valence-corrected chi connectivity index (χ0v) is 7.72. The van der Waals surface area contributed by atoms with Crippen LogP contribution in [0.2, 0.25) is 0 Å². The molecule has 0 aliphatic heterocycles.